The average molecular weight is 421 g/mol. The first-order valence-corrected chi connectivity index (χ1v) is 10.4. The van der Waals surface area contributed by atoms with Crippen LogP contribution in [0.25, 0.3) is 0 Å². The number of nitrogens with one attached hydrogen (secondary N) is 4. The molecule has 2 rings (SSSR count). The van der Waals surface area contributed by atoms with Gasteiger partial charge < -0.3 is 5.32 Å². The summed E-state index contributed by atoms with van der Waals surface area (Å²) in [4.78, 5) is 12.4. The highest BCUT2D eigenvalue weighted by molar-refractivity contribution is 7.92. The summed E-state index contributed by atoms with van der Waals surface area (Å²) in [7, 11) is -3.75. The zero-order valence-corrected chi connectivity index (χ0v) is 17.8. The van der Waals surface area contributed by atoms with Crippen LogP contribution in [0.4, 0.5) is 5.69 Å². The second-order valence-electron chi connectivity index (χ2n) is 7.28. The molecule has 0 saturated heterocycles. The monoisotopic (exact) mass is 420 g/mol. The quantitative estimate of drug-likeness (QED) is 0.448. The predicted molar refractivity (Wildman–Crippen MR) is 115 cm³/mol. The molecular weight excluding hydrogens is 396 g/mol. The minimum absolute atomic E-state index is 0.147. The summed E-state index contributed by atoms with van der Waals surface area (Å²) >= 11 is 5.10. The average Bonchev–Trinajstić information content (AvgIpc) is 2.58. The number of carbonyl (C=O) groups is 1. The van der Waals surface area contributed by atoms with Gasteiger partial charge in [-0.2, -0.15) is 0 Å². The smallest absolute Gasteiger partial charge is 0.269 e. The Kier molecular flexibility index (Phi) is 6.63. The Hall–Kier alpha value is -2.65. The van der Waals surface area contributed by atoms with E-state index in [2.05, 4.69) is 20.9 Å². The van der Waals surface area contributed by atoms with Gasteiger partial charge >= 0.3 is 0 Å². The van der Waals surface area contributed by atoms with Crippen LogP contribution in [0.3, 0.4) is 0 Å². The van der Waals surface area contributed by atoms with Gasteiger partial charge in [-0.15, -0.1) is 0 Å². The van der Waals surface area contributed by atoms with Gasteiger partial charge in [0, 0.05) is 16.8 Å². The van der Waals surface area contributed by atoms with Gasteiger partial charge in [0.05, 0.1) is 4.90 Å². The van der Waals surface area contributed by atoms with Crippen molar-refractivity contribution in [3.63, 3.8) is 0 Å². The van der Waals surface area contributed by atoms with E-state index in [0.29, 0.717) is 0 Å². The molecule has 150 valence electrons. The van der Waals surface area contributed by atoms with Gasteiger partial charge in [0.1, 0.15) is 0 Å². The van der Waals surface area contributed by atoms with Crippen LogP contribution < -0.4 is 20.9 Å². The van der Waals surface area contributed by atoms with Gasteiger partial charge in [-0.3, -0.25) is 20.4 Å². The first-order valence-electron chi connectivity index (χ1n) is 8.54. The number of thiocarbonyl (C=S) groups is 1. The van der Waals surface area contributed by atoms with Crippen LogP contribution in [-0.4, -0.2) is 25.0 Å². The predicted octanol–water partition coefficient (Wildman–Crippen LogP) is 2.70. The fraction of sp³-hybridized carbons (Fsp3) is 0.263. The molecule has 0 saturated carbocycles. The molecule has 2 aromatic carbocycles. The first kappa shape index (κ1) is 21.6. The molecule has 0 spiro atoms. The summed E-state index contributed by atoms with van der Waals surface area (Å²) in [5.74, 6) is -0.450. The summed E-state index contributed by atoms with van der Waals surface area (Å²) in [6.07, 6.45) is 0. The molecule has 0 aromatic heterocycles. The van der Waals surface area contributed by atoms with Crippen LogP contribution in [0.2, 0.25) is 0 Å². The molecule has 4 N–H and O–H groups in total. The highest BCUT2D eigenvalue weighted by Crippen LogP contribution is 2.17. The van der Waals surface area contributed by atoms with E-state index in [1.807, 2.05) is 27.7 Å². The topological polar surface area (TPSA) is 99.3 Å². The van der Waals surface area contributed by atoms with Crippen LogP contribution in [0.15, 0.2) is 53.4 Å². The van der Waals surface area contributed by atoms with Crippen molar-refractivity contribution in [1.29, 1.82) is 0 Å². The second kappa shape index (κ2) is 8.57. The number of rotatable bonds is 4. The second-order valence-corrected chi connectivity index (χ2v) is 9.37. The van der Waals surface area contributed by atoms with Crippen molar-refractivity contribution in [2.45, 2.75) is 38.1 Å². The van der Waals surface area contributed by atoms with E-state index in [9.17, 15) is 13.2 Å². The normalized spacial score (nSPS) is 11.4. The van der Waals surface area contributed by atoms with E-state index >= 15 is 0 Å². The lowest BCUT2D eigenvalue weighted by Gasteiger charge is -2.23. The molecular formula is C19H24N4O3S2. The number of benzene rings is 2. The third-order valence-corrected chi connectivity index (χ3v) is 5.09. The molecule has 0 atom stereocenters. The van der Waals surface area contributed by atoms with E-state index in [1.165, 1.54) is 18.2 Å². The Morgan fingerprint density at radius 2 is 1.64 bits per heavy atom. The molecule has 0 radical (unpaired) electrons. The Labute approximate surface area is 170 Å². The van der Waals surface area contributed by atoms with Gasteiger partial charge in [-0.1, -0.05) is 23.8 Å². The number of hydrogen-bond acceptors (Lipinski definition) is 4. The molecule has 0 heterocycles. The Bertz CT molecular complexity index is 965. The Morgan fingerprint density at radius 1 is 1.00 bits per heavy atom. The Morgan fingerprint density at radius 3 is 2.25 bits per heavy atom. The van der Waals surface area contributed by atoms with Crippen LogP contribution >= 0.6 is 12.2 Å². The largest absolute Gasteiger partial charge is 0.357 e. The summed E-state index contributed by atoms with van der Waals surface area (Å²) < 4.78 is 27.5. The molecule has 28 heavy (non-hydrogen) atoms. The number of amides is 1. The fourth-order valence-electron chi connectivity index (χ4n) is 2.21. The summed E-state index contributed by atoms with van der Waals surface area (Å²) in [6, 6.07) is 12.7. The molecule has 0 aliphatic heterocycles. The van der Waals surface area contributed by atoms with Crippen molar-refractivity contribution in [2.75, 3.05) is 4.72 Å². The van der Waals surface area contributed by atoms with Crippen molar-refractivity contribution in [3.05, 3.63) is 59.7 Å². The number of hydrazine groups is 1. The van der Waals surface area contributed by atoms with E-state index < -0.39 is 15.9 Å². The van der Waals surface area contributed by atoms with Crippen molar-refractivity contribution in [3.8, 4) is 0 Å². The first-order chi connectivity index (χ1) is 13.0. The Balaban J connectivity index is 2.06. The maximum atomic E-state index is 12.5. The van der Waals surface area contributed by atoms with Gasteiger partial charge in [0.25, 0.3) is 15.9 Å². The summed E-state index contributed by atoms with van der Waals surface area (Å²) in [5, 5.41) is 3.28. The van der Waals surface area contributed by atoms with E-state index in [0.717, 1.165) is 5.56 Å². The van der Waals surface area contributed by atoms with Crippen LogP contribution in [0, 0.1) is 6.92 Å². The molecule has 0 fully saturated rings. The minimum atomic E-state index is -3.75. The van der Waals surface area contributed by atoms with E-state index in [1.54, 1.807) is 30.3 Å². The highest BCUT2D eigenvalue weighted by atomic mass is 32.2. The van der Waals surface area contributed by atoms with Crippen LogP contribution in [0.1, 0.15) is 36.7 Å². The third-order valence-electron chi connectivity index (χ3n) is 3.49. The number of hydrogen-bond donors (Lipinski definition) is 4. The van der Waals surface area contributed by atoms with E-state index in [4.69, 9.17) is 12.2 Å². The van der Waals surface area contributed by atoms with Crippen LogP contribution in [-0.2, 0) is 10.0 Å². The fourth-order valence-corrected chi connectivity index (χ4v) is 3.62. The lowest BCUT2D eigenvalue weighted by molar-refractivity contribution is 0.0943. The zero-order chi connectivity index (χ0) is 20.9. The summed E-state index contributed by atoms with van der Waals surface area (Å²) in [6.45, 7) is 7.69. The number of anilines is 1. The highest BCUT2D eigenvalue weighted by Gasteiger charge is 2.15. The van der Waals surface area contributed by atoms with Crippen molar-refractivity contribution in [2.24, 2.45) is 0 Å². The van der Waals surface area contributed by atoms with Gasteiger partial charge in [-0.25, -0.2) is 8.42 Å². The zero-order valence-electron chi connectivity index (χ0n) is 16.2. The van der Waals surface area contributed by atoms with Gasteiger partial charge in [0.2, 0.25) is 0 Å². The number of carbonyl (C=O) groups excluding carboxylic acids is 1. The van der Waals surface area contributed by atoms with Crippen molar-refractivity contribution < 1.29 is 13.2 Å². The molecule has 1 amide bonds. The maximum absolute atomic E-state index is 12.5. The molecule has 7 nitrogen and oxygen atoms in total. The SMILES string of the molecule is Cc1ccc(S(=O)(=O)Nc2cccc(C(=O)NNC(=S)NC(C)(C)C)c2)cc1. The molecule has 0 unspecified atom stereocenters. The molecule has 0 aliphatic rings. The third kappa shape index (κ3) is 6.50. The van der Waals surface area contributed by atoms with Crippen molar-refractivity contribution >= 4 is 38.9 Å². The van der Waals surface area contributed by atoms with Gasteiger partial charge in [0.15, 0.2) is 5.11 Å². The standard InChI is InChI=1S/C19H24N4O3S2/c1-13-8-10-16(11-9-13)28(25,26)23-15-7-5-6-14(12-15)17(24)21-22-18(27)20-19(2,3)4/h5-12,23H,1-4H3,(H,21,24)(H2,20,22,27). The lowest BCUT2D eigenvalue weighted by Crippen LogP contribution is -2.52. The molecule has 0 aliphatic carbocycles. The lowest BCUT2D eigenvalue weighted by atomic mass is 10.1. The van der Waals surface area contributed by atoms with Crippen LogP contribution in [0.5, 0.6) is 0 Å². The van der Waals surface area contributed by atoms with E-state index in [-0.39, 0.29) is 26.8 Å². The molecule has 0 bridgehead atoms. The summed E-state index contributed by atoms with van der Waals surface area (Å²) in [5.41, 5.74) is 6.37. The minimum Gasteiger partial charge on any atom is -0.357 e. The molecule has 9 heteroatoms. The maximum Gasteiger partial charge on any atom is 0.269 e. The number of sulfonamides is 1. The number of aryl methyl sites for hydroxylation is 1. The van der Waals surface area contributed by atoms with Crippen molar-refractivity contribution in [1.82, 2.24) is 16.2 Å². The van der Waals surface area contributed by atoms with Gasteiger partial charge in [-0.05, 0) is 70.2 Å². The molecule has 2 aromatic rings.